The van der Waals surface area contributed by atoms with Gasteiger partial charge in [-0.3, -0.25) is 14.0 Å². The van der Waals surface area contributed by atoms with Crippen molar-refractivity contribution in [3.05, 3.63) is 74.4 Å². The Morgan fingerprint density at radius 1 is 1.21 bits per heavy atom. The lowest BCUT2D eigenvalue weighted by Crippen LogP contribution is -2.29. The molecule has 0 radical (unpaired) electrons. The summed E-state index contributed by atoms with van der Waals surface area (Å²) >= 11 is 6.34. The Balaban J connectivity index is 0.00000241. The minimum Gasteiger partial charge on any atom is -0.381 e. The lowest BCUT2D eigenvalue weighted by atomic mass is 9.99. The van der Waals surface area contributed by atoms with E-state index in [1.807, 2.05) is 35.6 Å². The Morgan fingerprint density at radius 3 is 2.79 bits per heavy atom. The number of nitrogens with zero attached hydrogens (tertiary/aromatic N) is 3. The highest BCUT2D eigenvalue weighted by molar-refractivity contribution is 6.32. The molecule has 1 saturated heterocycles. The van der Waals surface area contributed by atoms with Gasteiger partial charge in [-0.2, -0.15) is 0 Å². The van der Waals surface area contributed by atoms with E-state index in [4.69, 9.17) is 16.3 Å². The van der Waals surface area contributed by atoms with Gasteiger partial charge in [0.25, 0.3) is 11.5 Å². The maximum atomic E-state index is 13.6. The molecule has 2 aliphatic rings. The molecule has 0 unspecified atom stereocenters. The average Bonchev–Trinajstić information content (AvgIpc) is 3.46. The maximum absolute atomic E-state index is 13.6. The molecule has 0 spiro atoms. The third-order valence-corrected chi connectivity index (χ3v) is 7.24. The number of aromatic nitrogens is 3. The van der Waals surface area contributed by atoms with Gasteiger partial charge in [-0.25, -0.2) is 4.98 Å². The van der Waals surface area contributed by atoms with Crippen molar-refractivity contribution >= 4 is 52.2 Å². The van der Waals surface area contributed by atoms with E-state index in [9.17, 15) is 9.59 Å². The van der Waals surface area contributed by atoms with Crippen LogP contribution in [0.15, 0.2) is 41.3 Å². The van der Waals surface area contributed by atoms with Crippen molar-refractivity contribution in [2.75, 3.05) is 24.7 Å². The van der Waals surface area contributed by atoms with E-state index < -0.39 is 0 Å². The Labute approximate surface area is 207 Å². The number of nitrogens with one attached hydrogen (secondary N) is 1. The number of carbonyl (C=O) groups is 1. The highest BCUT2D eigenvalue weighted by Gasteiger charge is 2.29. The van der Waals surface area contributed by atoms with Crippen molar-refractivity contribution < 1.29 is 9.53 Å². The molecule has 1 N–H and O–H groups in total. The molecule has 176 valence electrons. The molecular formula is C25H24Cl2N4O3. The van der Waals surface area contributed by atoms with Crippen molar-refractivity contribution in [2.45, 2.75) is 32.1 Å². The summed E-state index contributed by atoms with van der Waals surface area (Å²) in [5, 5.41) is 0.686. The van der Waals surface area contributed by atoms with Crippen LogP contribution in [-0.2, 0) is 11.2 Å². The van der Waals surface area contributed by atoms with Gasteiger partial charge in [0.05, 0.1) is 17.2 Å². The standard InChI is InChI=1S/C25H23ClN4O3.ClH/c1-14-11-21-19(12-17(14)25(32)29-8-5-16-18(26)3-2-4-20(16)29)28-24(31)22-13-27-23(30(21)22)15-6-9-33-10-7-15;/h2-4,11-13,15H,5-10H2,1H3,(H,28,31);1H. The van der Waals surface area contributed by atoms with Gasteiger partial charge in [0.2, 0.25) is 0 Å². The highest BCUT2D eigenvalue weighted by Crippen LogP contribution is 2.35. The lowest BCUT2D eigenvalue weighted by molar-refractivity contribution is 0.0835. The summed E-state index contributed by atoms with van der Waals surface area (Å²) < 4.78 is 7.46. The zero-order valence-corrected chi connectivity index (χ0v) is 20.2. The van der Waals surface area contributed by atoms with Crippen LogP contribution in [0, 0.1) is 6.92 Å². The third-order valence-electron chi connectivity index (χ3n) is 6.89. The zero-order chi connectivity index (χ0) is 22.7. The fourth-order valence-electron chi connectivity index (χ4n) is 5.17. The Bertz CT molecular complexity index is 1490. The summed E-state index contributed by atoms with van der Waals surface area (Å²) in [5.41, 5.74) is 5.05. The van der Waals surface area contributed by atoms with Gasteiger partial charge in [0.15, 0.2) is 0 Å². The molecule has 2 aliphatic heterocycles. The highest BCUT2D eigenvalue weighted by atomic mass is 35.5. The second kappa shape index (κ2) is 8.73. The van der Waals surface area contributed by atoms with Crippen LogP contribution in [0.25, 0.3) is 16.6 Å². The number of imidazole rings is 1. The van der Waals surface area contributed by atoms with E-state index in [0.717, 1.165) is 47.4 Å². The number of benzene rings is 2. The Hall–Kier alpha value is -2.87. The van der Waals surface area contributed by atoms with Crippen LogP contribution < -0.4 is 10.5 Å². The SMILES string of the molecule is Cc1cc2c(cc1C(=O)N1CCc3c(Cl)cccc31)[nH]c(=O)c1cnc(C3CCOCC3)n12.Cl. The number of halogens is 2. The first kappa shape index (κ1) is 22.9. The summed E-state index contributed by atoms with van der Waals surface area (Å²) in [7, 11) is 0. The summed E-state index contributed by atoms with van der Waals surface area (Å²) in [6.07, 6.45) is 4.12. The van der Waals surface area contributed by atoms with Gasteiger partial charge < -0.3 is 14.6 Å². The van der Waals surface area contributed by atoms with Crippen molar-refractivity contribution in [1.29, 1.82) is 0 Å². The van der Waals surface area contributed by atoms with E-state index in [1.54, 1.807) is 17.2 Å². The minimum absolute atomic E-state index is 0. The van der Waals surface area contributed by atoms with Gasteiger partial charge in [-0.05, 0) is 61.6 Å². The first-order valence-electron chi connectivity index (χ1n) is 11.2. The first-order chi connectivity index (χ1) is 16.0. The number of H-pyrrole nitrogens is 1. The molecule has 0 saturated carbocycles. The fourth-order valence-corrected chi connectivity index (χ4v) is 5.43. The van der Waals surface area contributed by atoms with Crippen molar-refractivity contribution in [1.82, 2.24) is 14.4 Å². The number of ether oxygens (including phenoxy) is 1. The van der Waals surface area contributed by atoms with Crippen LogP contribution in [0.5, 0.6) is 0 Å². The Kier molecular flexibility index (Phi) is 5.88. The van der Waals surface area contributed by atoms with E-state index in [2.05, 4.69) is 9.97 Å². The number of aryl methyl sites for hydroxylation is 1. The number of hydrogen-bond donors (Lipinski definition) is 1. The monoisotopic (exact) mass is 498 g/mol. The van der Waals surface area contributed by atoms with Crippen LogP contribution >= 0.6 is 24.0 Å². The number of anilines is 1. The summed E-state index contributed by atoms with van der Waals surface area (Å²) in [6, 6.07) is 9.42. The Morgan fingerprint density at radius 2 is 2.00 bits per heavy atom. The number of hydrogen-bond acceptors (Lipinski definition) is 4. The molecule has 34 heavy (non-hydrogen) atoms. The van der Waals surface area contributed by atoms with Crippen LogP contribution in [0.2, 0.25) is 5.02 Å². The molecular weight excluding hydrogens is 475 g/mol. The van der Waals surface area contributed by atoms with E-state index in [-0.39, 0.29) is 29.8 Å². The van der Waals surface area contributed by atoms with Crippen molar-refractivity contribution in [3.63, 3.8) is 0 Å². The molecule has 0 atom stereocenters. The smallest absolute Gasteiger partial charge is 0.274 e. The average molecular weight is 499 g/mol. The zero-order valence-electron chi connectivity index (χ0n) is 18.6. The fraction of sp³-hybridized carbons (Fsp3) is 0.320. The topological polar surface area (TPSA) is 79.7 Å². The molecule has 2 aromatic heterocycles. The molecule has 7 nitrogen and oxygen atoms in total. The summed E-state index contributed by atoms with van der Waals surface area (Å²) in [5.74, 6) is 1.02. The predicted molar refractivity (Wildman–Crippen MR) is 135 cm³/mol. The second-order valence-corrected chi connectivity index (χ2v) is 9.21. The molecule has 0 aliphatic carbocycles. The second-order valence-electron chi connectivity index (χ2n) is 8.81. The van der Waals surface area contributed by atoms with Crippen molar-refractivity contribution in [3.8, 4) is 0 Å². The number of aromatic amines is 1. The van der Waals surface area contributed by atoms with E-state index >= 15 is 0 Å². The van der Waals surface area contributed by atoms with Crippen LogP contribution in [0.3, 0.4) is 0 Å². The van der Waals surface area contributed by atoms with Gasteiger partial charge in [0, 0.05) is 41.9 Å². The molecule has 1 fully saturated rings. The summed E-state index contributed by atoms with van der Waals surface area (Å²) in [6.45, 7) is 3.91. The molecule has 9 heteroatoms. The van der Waals surface area contributed by atoms with Crippen molar-refractivity contribution in [2.24, 2.45) is 0 Å². The molecule has 1 amide bonds. The number of fused-ring (bicyclic) bond motifs is 4. The van der Waals surface area contributed by atoms with Gasteiger partial charge in [-0.1, -0.05) is 17.7 Å². The van der Waals surface area contributed by atoms with Crippen LogP contribution in [0.4, 0.5) is 5.69 Å². The minimum atomic E-state index is -0.214. The van der Waals surface area contributed by atoms with Crippen LogP contribution in [-0.4, -0.2) is 40.0 Å². The molecule has 6 rings (SSSR count). The maximum Gasteiger partial charge on any atom is 0.274 e. The number of rotatable bonds is 2. The molecule has 4 aromatic rings. The van der Waals surface area contributed by atoms with Gasteiger partial charge >= 0.3 is 0 Å². The van der Waals surface area contributed by atoms with E-state index in [1.165, 1.54) is 0 Å². The summed E-state index contributed by atoms with van der Waals surface area (Å²) in [4.78, 5) is 35.8. The molecule has 2 aromatic carbocycles. The number of amides is 1. The predicted octanol–water partition coefficient (Wildman–Crippen LogP) is 4.66. The van der Waals surface area contributed by atoms with E-state index in [0.29, 0.717) is 41.4 Å². The quantitative estimate of drug-likeness (QED) is 0.435. The third kappa shape index (κ3) is 3.50. The first-order valence-corrected chi connectivity index (χ1v) is 11.6. The molecule has 4 heterocycles. The molecule has 0 bridgehead atoms. The van der Waals surface area contributed by atoms with Gasteiger partial charge in [0.1, 0.15) is 11.3 Å². The normalized spacial score (nSPS) is 16.1. The van der Waals surface area contributed by atoms with Gasteiger partial charge in [-0.15, -0.1) is 12.4 Å². The largest absolute Gasteiger partial charge is 0.381 e. The number of carbonyl (C=O) groups excluding carboxylic acids is 1. The van der Waals surface area contributed by atoms with Crippen LogP contribution in [0.1, 0.15) is 46.1 Å². The lowest BCUT2D eigenvalue weighted by Gasteiger charge is -2.22.